The van der Waals surface area contributed by atoms with Crippen LogP contribution in [-0.4, -0.2) is 80.3 Å². The normalized spacial score (nSPS) is 35.4. The van der Waals surface area contributed by atoms with Crippen molar-refractivity contribution in [2.75, 3.05) is 6.61 Å². The molecule has 37 heavy (non-hydrogen) atoms. The van der Waals surface area contributed by atoms with Crippen molar-refractivity contribution in [2.45, 2.75) is 82.8 Å². The van der Waals surface area contributed by atoms with Crippen LogP contribution in [0.5, 0.6) is 0 Å². The van der Waals surface area contributed by atoms with Crippen molar-refractivity contribution in [3.8, 4) is 0 Å². The summed E-state index contributed by atoms with van der Waals surface area (Å²) in [5.41, 5.74) is 10.1. The summed E-state index contributed by atoms with van der Waals surface area (Å²) in [4.78, 5) is 19.3. The van der Waals surface area contributed by atoms with Gasteiger partial charge in [-0.25, -0.2) is 0 Å². The van der Waals surface area contributed by atoms with Crippen molar-refractivity contribution in [1.82, 2.24) is 0 Å². The Labute approximate surface area is 219 Å². The minimum atomic E-state index is -0.902. The number of rotatable bonds is 10. The number of aliphatic hydroxyl groups is 1. The summed E-state index contributed by atoms with van der Waals surface area (Å²) in [5, 5.41) is 13.9. The van der Waals surface area contributed by atoms with Crippen LogP contribution in [0.3, 0.4) is 0 Å². The van der Waals surface area contributed by atoms with Gasteiger partial charge in [0.05, 0.1) is 0 Å². The molecule has 2 heterocycles. The second-order valence-electron chi connectivity index (χ2n) is 9.13. The van der Waals surface area contributed by atoms with E-state index in [2.05, 4.69) is 16.9 Å². The Kier molecular flexibility index (Phi) is 13.6. The van der Waals surface area contributed by atoms with Gasteiger partial charge in [-0.1, -0.05) is 18.2 Å². The minimum absolute atomic E-state index is 0.0301. The second kappa shape index (κ2) is 16.1. The van der Waals surface area contributed by atoms with Crippen LogP contribution < -0.4 is 0 Å². The zero-order valence-electron chi connectivity index (χ0n) is 21.4. The zero-order chi connectivity index (χ0) is 27.4. The third-order valence-electron chi connectivity index (χ3n) is 6.88. The van der Waals surface area contributed by atoms with Crippen LogP contribution in [0.1, 0.15) is 33.3 Å². The van der Waals surface area contributed by atoms with Gasteiger partial charge >= 0.3 is 192 Å². The fourth-order valence-corrected chi connectivity index (χ4v) is 5.97. The first-order valence-electron chi connectivity index (χ1n) is 12.1. The Bertz CT molecular complexity index is 923. The van der Waals surface area contributed by atoms with E-state index in [0.29, 0.717) is 6.61 Å². The van der Waals surface area contributed by atoms with Crippen molar-refractivity contribution in [1.29, 1.82) is 0 Å². The molecule has 1 radical (unpaired) electrons. The molecule has 0 aromatic heterocycles. The third kappa shape index (κ3) is 8.54. The van der Waals surface area contributed by atoms with Crippen LogP contribution in [0.15, 0.2) is 35.4 Å². The first-order valence-corrected chi connectivity index (χ1v) is 13.3. The van der Waals surface area contributed by atoms with Gasteiger partial charge in [0, 0.05) is 0 Å². The first kappa shape index (κ1) is 31.3. The predicted molar refractivity (Wildman–Crippen MR) is 136 cm³/mol. The molecular formula is C23H33B2N3O8P. The summed E-state index contributed by atoms with van der Waals surface area (Å²) in [6, 6.07) is 9.27. The van der Waals surface area contributed by atoms with E-state index >= 15 is 0 Å². The summed E-state index contributed by atoms with van der Waals surface area (Å²) >= 11 is 0. The van der Waals surface area contributed by atoms with Gasteiger partial charge in [-0.2, -0.15) is 9.59 Å². The van der Waals surface area contributed by atoms with E-state index in [1.54, 1.807) is 0 Å². The molecule has 2 saturated heterocycles. The fraction of sp³-hybridized carbons (Fsp3) is 0.696. The Morgan fingerprint density at radius 2 is 1.78 bits per heavy atom. The summed E-state index contributed by atoms with van der Waals surface area (Å²) < 4.78 is 36.1. The number of hydrogen-bond donors (Lipinski definition) is 1. The molecule has 11 nitrogen and oxygen atoms in total. The Morgan fingerprint density at radius 1 is 1.11 bits per heavy atom. The van der Waals surface area contributed by atoms with Crippen LogP contribution in [0.4, 0.5) is 0 Å². The first-order chi connectivity index (χ1) is 17.8. The molecule has 11 atom stereocenters. The number of azide groups is 1. The summed E-state index contributed by atoms with van der Waals surface area (Å²) in [7, 11) is 0.849. The standard InChI is InChI=1S/C22H33B2N3O6P.CO2/c1-12-14(3)31-15(4)20(19(12)30-11-16-8-6-5-7-9-16)33-22-18(26-27-25)21(34-24-23-29)13(2)17(10-28)32-22;2-1-3/h5-9,12-15,17-22,28,34H,10-11H2,1-4H3;/t12?,13-,14+,15?,17?,18?,19+,20?,21+,22-;/m1./s1. The average Bonchev–Trinajstić information content (AvgIpc) is 2.89. The molecule has 6 unspecified atom stereocenters. The van der Waals surface area contributed by atoms with Crippen molar-refractivity contribution < 1.29 is 38.3 Å². The maximum absolute atomic E-state index is 11.0. The van der Waals surface area contributed by atoms with E-state index in [1.165, 1.54) is 6.89 Å². The van der Waals surface area contributed by atoms with Gasteiger partial charge in [-0.15, -0.1) is 0 Å². The van der Waals surface area contributed by atoms with Gasteiger partial charge in [-0.05, 0) is 0 Å². The molecule has 0 bridgehead atoms. The van der Waals surface area contributed by atoms with Crippen LogP contribution in [0.2, 0.25) is 0 Å². The molecular weight excluding hydrogens is 499 g/mol. The minimum Gasteiger partial charge on any atom is -0.186 e. The number of nitrogens with zero attached hydrogens (tertiary/aromatic N) is 3. The molecule has 14 heteroatoms. The topological polar surface area (TPSA) is 157 Å². The third-order valence-corrected chi connectivity index (χ3v) is 8.46. The molecule has 2 aliphatic heterocycles. The van der Waals surface area contributed by atoms with E-state index in [4.69, 9.17) is 28.5 Å². The number of aliphatic hydroxyl groups excluding tert-OH is 1. The smallest absolute Gasteiger partial charge is 0.186 e. The average molecular weight is 532 g/mol. The predicted octanol–water partition coefficient (Wildman–Crippen LogP) is 2.48. The Hall–Kier alpha value is -1.93. The van der Waals surface area contributed by atoms with Gasteiger partial charge in [0.15, 0.2) is 0 Å². The molecule has 2 fully saturated rings. The molecule has 0 amide bonds. The van der Waals surface area contributed by atoms with Gasteiger partial charge in [0.25, 0.3) is 0 Å². The van der Waals surface area contributed by atoms with Gasteiger partial charge in [0.1, 0.15) is 0 Å². The molecule has 1 aromatic carbocycles. The SMILES string of the molecule is CC1O[C@@H](C)C(C)[C@H](OCc2ccccc2)C1O[C@H]1OC(CO)[C@@H](C)[C@H](P[B]B=O)C1N=[N+]=[N-].O=C=O. The number of hydrogen-bond acceptors (Lipinski definition) is 9. The van der Waals surface area contributed by atoms with Crippen LogP contribution in [0, 0.1) is 11.8 Å². The number of ether oxygens (including phenoxy) is 4. The second-order valence-corrected chi connectivity index (χ2v) is 10.5. The number of benzene rings is 1. The van der Waals surface area contributed by atoms with Gasteiger partial charge in [0.2, 0.25) is 0 Å². The van der Waals surface area contributed by atoms with E-state index in [1.807, 2.05) is 51.1 Å². The van der Waals surface area contributed by atoms with Crippen molar-refractivity contribution in [3.63, 3.8) is 0 Å². The van der Waals surface area contributed by atoms with Crippen LogP contribution in [-0.2, 0) is 39.8 Å². The molecule has 0 spiro atoms. The number of carbonyl (C=O) groups excluding carboxylic acids is 2. The van der Waals surface area contributed by atoms with Gasteiger partial charge < -0.3 is 0 Å². The van der Waals surface area contributed by atoms with E-state index in [9.17, 15) is 15.3 Å². The summed E-state index contributed by atoms with van der Waals surface area (Å²) in [5.74, 6) is -0.0842. The maximum atomic E-state index is 11.0. The van der Waals surface area contributed by atoms with Gasteiger partial charge in [-0.3, -0.25) is 0 Å². The van der Waals surface area contributed by atoms with E-state index < -0.39 is 24.5 Å². The molecule has 1 N–H and O–H groups in total. The molecule has 0 aliphatic carbocycles. The zero-order valence-corrected chi connectivity index (χ0v) is 22.4. The fourth-order valence-electron chi connectivity index (χ4n) is 4.73. The quantitative estimate of drug-likeness (QED) is 0.158. The Balaban J connectivity index is 0.00000153. The summed E-state index contributed by atoms with van der Waals surface area (Å²) in [6.07, 6.45) is -2.25. The monoisotopic (exact) mass is 532 g/mol. The largest absolute Gasteiger partial charge is 0.373 e. The van der Waals surface area contributed by atoms with Crippen molar-refractivity contribution >= 4 is 28.5 Å². The van der Waals surface area contributed by atoms with E-state index in [-0.39, 0.29) is 57.0 Å². The molecule has 2 aliphatic rings. The maximum Gasteiger partial charge on any atom is 0.373 e. The van der Waals surface area contributed by atoms with Crippen LogP contribution in [0.25, 0.3) is 10.4 Å². The molecule has 1 aromatic rings. The molecule has 199 valence electrons. The molecule has 3 rings (SSSR count). The van der Waals surface area contributed by atoms with E-state index in [0.717, 1.165) is 12.6 Å². The Morgan fingerprint density at radius 3 is 2.38 bits per heavy atom. The van der Waals surface area contributed by atoms with Crippen molar-refractivity contribution in [3.05, 3.63) is 46.3 Å². The van der Waals surface area contributed by atoms with Crippen LogP contribution >= 0.6 is 8.46 Å². The summed E-state index contributed by atoms with van der Waals surface area (Å²) in [6.45, 7) is 9.69. The molecule has 0 saturated carbocycles. The van der Waals surface area contributed by atoms with Crippen molar-refractivity contribution in [2.24, 2.45) is 17.0 Å².